The van der Waals surface area contributed by atoms with Gasteiger partial charge in [-0.3, -0.25) is 0 Å². The van der Waals surface area contributed by atoms with E-state index < -0.39 is 0 Å². The zero-order chi connectivity index (χ0) is 17.3. The smallest absolute Gasteiger partial charge is 0.161 e. The van der Waals surface area contributed by atoms with Crippen LogP contribution in [0.1, 0.15) is 43.9 Å². The van der Waals surface area contributed by atoms with Crippen LogP contribution in [0.3, 0.4) is 0 Å². The van der Waals surface area contributed by atoms with Crippen LogP contribution in [0.5, 0.6) is 11.5 Å². The van der Waals surface area contributed by atoms with Gasteiger partial charge in [-0.25, -0.2) is 0 Å². The molecule has 24 heavy (non-hydrogen) atoms. The molecule has 1 aromatic rings. The van der Waals surface area contributed by atoms with Crippen LogP contribution in [0.4, 0.5) is 0 Å². The molecule has 1 saturated heterocycles. The summed E-state index contributed by atoms with van der Waals surface area (Å²) < 4.78 is 10.9. The van der Waals surface area contributed by atoms with E-state index in [4.69, 9.17) is 9.47 Å². The van der Waals surface area contributed by atoms with Crippen LogP contribution in [-0.2, 0) is 6.42 Å². The SMILES string of the molecule is COc1cc2c(cc1OC)[C@@H]1C/C(=N/O)[C@@H](CC(C)C)C[NH+]1CC2. The van der Waals surface area contributed by atoms with E-state index in [1.807, 2.05) is 0 Å². The highest BCUT2D eigenvalue weighted by Crippen LogP contribution is 2.36. The van der Waals surface area contributed by atoms with Crippen molar-refractivity contribution in [1.82, 2.24) is 0 Å². The average molecular weight is 333 g/mol. The van der Waals surface area contributed by atoms with Crippen molar-refractivity contribution in [3.63, 3.8) is 0 Å². The molecular weight excluding hydrogens is 304 g/mol. The molecule has 2 aliphatic heterocycles. The Morgan fingerprint density at radius 3 is 2.58 bits per heavy atom. The minimum Gasteiger partial charge on any atom is -0.493 e. The Bertz CT molecular complexity index is 627. The molecule has 1 fully saturated rings. The summed E-state index contributed by atoms with van der Waals surface area (Å²) in [5.74, 6) is 2.58. The normalized spacial score (nSPS) is 27.7. The molecule has 5 heteroatoms. The van der Waals surface area contributed by atoms with Gasteiger partial charge < -0.3 is 19.6 Å². The maximum Gasteiger partial charge on any atom is 0.161 e. The van der Waals surface area contributed by atoms with Crippen LogP contribution >= 0.6 is 0 Å². The molecule has 5 nitrogen and oxygen atoms in total. The summed E-state index contributed by atoms with van der Waals surface area (Å²) >= 11 is 0. The Morgan fingerprint density at radius 2 is 1.96 bits per heavy atom. The third-order valence-corrected chi connectivity index (χ3v) is 5.51. The third-order valence-electron chi connectivity index (χ3n) is 5.51. The number of hydrogen-bond donors (Lipinski definition) is 2. The molecule has 3 atom stereocenters. The van der Waals surface area contributed by atoms with Gasteiger partial charge in [0.15, 0.2) is 11.5 Å². The second-order valence-corrected chi connectivity index (χ2v) is 7.44. The first-order valence-corrected chi connectivity index (χ1v) is 8.87. The van der Waals surface area contributed by atoms with Crippen molar-refractivity contribution < 1.29 is 19.6 Å². The predicted octanol–water partition coefficient (Wildman–Crippen LogP) is 2.08. The highest BCUT2D eigenvalue weighted by Gasteiger charge is 2.41. The highest BCUT2D eigenvalue weighted by molar-refractivity contribution is 5.87. The van der Waals surface area contributed by atoms with Crippen molar-refractivity contribution in [2.45, 2.75) is 39.2 Å². The predicted molar refractivity (Wildman–Crippen MR) is 93.5 cm³/mol. The number of fused-ring (bicyclic) bond motifs is 3. The van der Waals surface area contributed by atoms with Gasteiger partial charge in [0.05, 0.1) is 38.9 Å². The third kappa shape index (κ3) is 3.09. The van der Waals surface area contributed by atoms with Crippen molar-refractivity contribution in [1.29, 1.82) is 0 Å². The first-order chi connectivity index (χ1) is 11.6. The standard InChI is InChI=1S/C19H28N2O3/c1-12(2)7-14-11-21-6-5-13-8-18(23-3)19(24-4)9-15(13)17(21)10-16(14)20-22/h8-9,12,14,17,22H,5-7,10-11H2,1-4H3/p+1/b20-16-/t14-,17-/m0/s1. The van der Waals surface area contributed by atoms with E-state index >= 15 is 0 Å². The molecule has 0 amide bonds. The molecule has 2 aliphatic rings. The molecule has 0 bridgehead atoms. The fourth-order valence-corrected chi connectivity index (χ4v) is 4.39. The lowest BCUT2D eigenvalue weighted by Gasteiger charge is -2.41. The highest BCUT2D eigenvalue weighted by atomic mass is 16.5. The lowest BCUT2D eigenvalue weighted by Crippen LogP contribution is -3.15. The Kier molecular flexibility index (Phi) is 4.99. The fraction of sp³-hybridized carbons (Fsp3) is 0.632. The Hall–Kier alpha value is -1.75. The Balaban J connectivity index is 1.92. The zero-order valence-corrected chi connectivity index (χ0v) is 15.1. The summed E-state index contributed by atoms with van der Waals surface area (Å²) in [5.41, 5.74) is 3.61. The number of hydrogen-bond acceptors (Lipinski definition) is 4. The van der Waals surface area contributed by atoms with Crippen LogP contribution < -0.4 is 14.4 Å². The largest absolute Gasteiger partial charge is 0.493 e. The molecule has 1 aromatic carbocycles. The van der Waals surface area contributed by atoms with Crippen LogP contribution in [0.25, 0.3) is 0 Å². The number of benzene rings is 1. The average Bonchev–Trinajstić information content (AvgIpc) is 2.59. The molecule has 2 N–H and O–H groups in total. The summed E-state index contributed by atoms with van der Waals surface area (Å²) in [6.07, 6.45) is 2.97. The number of piperidine rings is 1. The minimum atomic E-state index is 0.350. The molecule has 3 rings (SSSR count). The van der Waals surface area contributed by atoms with Crippen molar-refractivity contribution in [3.05, 3.63) is 23.3 Å². The fourth-order valence-electron chi connectivity index (χ4n) is 4.39. The monoisotopic (exact) mass is 333 g/mol. The molecule has 132 valence electrons. The second-order valence-electron chi connectivity index (χ2n) is 7.44. The van der Waals surface area contributed by atoms with Gasteiger partial charge in [0.1, 0.15) is 6.04 Å². The zero-order valence-electron chi connectivity index (χ0n) is 15.1. The number of rotatable bonds is 4. The van der Waals surface area contributed by atoms with Gasteiger partial charge in [0.2, 0.25) is 0 Å². The van der Waals surface area contributed by atoms with Crippen molar-refractivity contribution in [2.75, 3.05) is 27.3 Å². The van der Waals surface area contributed by atoms with E-state index in [-0.39, 0.29) is 0 Å². The molecular formula is C19H29N2O3+. The van der Waals surface area contributed by atoms with Gasteiger partial charge in [-0.05, 0) is 30.0 Å². The lowest BCUT2D eigenvalue weighted by molar-refractivity contribution is -0.938. The van der Waals surface area contributed by atoms with Crippen molar-refractivity contribution >= 4 is 5.71 Å². The summed E-state index contributed by atoms with van der Waals surface area (Å²) in [7, 11) is 3.36. The number of nitrogens with one attached hydrogen (secondary N) is 1. The first kappa shape index (κ1) is 17.1. The summed E-state index contributed by atoms with van der Waals surface area (Å²) in [6.45, 7) is 6.65. The second kappa shape index (κ2) is 7.01. The molecule has 0 saturated carbocycles. The lowest BCUT2D eigenvalue weighted by atomic mass is 9.79. The topological polar surface area (TPSA) is 55.5 Å². The maximum absolute atomic E-state index is 9.53. The van der Waals surface area contributed by atoms with Gasteiger partial charge in [-0.1, -0.05) is 19.0 Å². The van der Waals surface area contributed by atoms with E-state index in [1.54, 1.807) is 19.1 Å². The van der Waals surface area contributed by atoms with Crippen molar-refractivity contribution in [3.8, 4) is 11.5 Å². The first-order valence-electron chi connectivity index (χ1n) is 8.87. The van der Waals surface area contributed by atoms with Crippen LogP contribution in [0.2, 0.25) is 0 Å². The van der Waals surface area contributed by atoms with Crippen LogP contribution in [0, 0.1) is 11.8 Å². The van der Waals surface area contributed by atoms with Gasteiger partial charge in [-0.2, -0.15) is 0 Å². The molecule has 0 aliphatic carbocycles. The summed E-state index contributed by atoms with van der Waals surface area (Å²) in [4.78, 5) is 1.60. The summed E-state index contributed by atoms with van der Waals surface area (Å²) in [5, 5.41) is 13.2. The van der Waals surface area contributed by atoms with Crippen LogP contribution in [0.15, 0.2) is 17.3 Å². The quantitative estimate of drug-likeness (QED) is 0.655. The van der Waals surface area contributed by atoms with Crippen molar-refractivity contribution in [2.24, 2.45) is 17.0 Å². The van der Waals surface area contributed by atoms with Crippen LogP contribution in [-0.4, -0.2) is 38.2 Å². The molecule has 0 spiro atoms. The number of nitrogens with zero attached hydrogens (tertiary/aromatic N) is 1. The summed E-state index contributed by atoms with van der Waals surface area (Å²) in [6, 6.07) is 4.58. The number of methoxy groups -OCH3 is 2. The van der Waals surface area contributed by atoms with E-state index in [1.165, 1.54) is 11.1 Å². The molecule has 1 unspecified atom stereocenters. The molecule has 0 aromatic heterocycles. The maximum atomic E-state index is 9.53. The Labute approximate surface area is 144 Å². The number of oxime groups is 1. The molecule has 0 radical (unpaired) electrons. The number of ether oxygens (including phenoxy) is 2. The Morgan fingerprint density at radius 1 is 1.25 bits per heavy atom. The van der Waals surface area contributed by atoms with Gasteiger partial charge >= 0.3 is 0 Å². The van der Waals surface area contributed by atoms with E-state index in [0.717, 1.165) is 49.6 Å². The molecule has 2 heterocycles. The minimum absolute atomic E-state index is 0.350. The van der Waals surface area contributed by atoms with E-state index in [0.29, 0.717) is 17.9 Å². The van der Waals surface area contributed by atoms with Gasteiger partial charge in [-0.15, -0.1) is 0 Å². The number of quaternary nitrogens is 1. The van der Waals surface area contributed by atoms with Gasteiger partial charge in [0.25, 0.3) is 0 Å². The van der Waals surface area contributed by atoms with E-state index in [2.05, 4.69) is 31.1 Å². The van der Waals surface area contributed by atoms with E-state index in [9.17, 15) is 5.21 Å². The van der Waals surface area contributed by atoms with Gasteiger partial charge in [0, 0.05) is 18.4 Å².